The van der Waals surface area contributed by atoms with Crippen LogP contribution in [0.4, 0.5) is 4.39 Å². The van der Waals surface area contributed by atoms with E-state index in [4.69, 9.17) is 5.26 Å². The van der Waals surface area contributed by atoms with Gasteiger partial charge in [-0.25, -0.2) is 9.18 Å². The Hall–Kier alpha value is -2.93. The molecule has 4 heteroatoms. The van der Waals surface area contributed by atoms with E-state index in [1.54, 1.807) is 30.3 Å². The van der Waals surface area contributed by atoms with Crippen LogP contribution in [0.1, 0.15) is 34.8 Å². The quantitative estimate of drug-likeness (QED) is 0.904. The molecule has 2 aromatic carbocycles. The van der Waals surface area contributed by atoms with Gasteiger partial charge in [0.1, 0.15) is 11.9 Å². The van der Waals surface area contributed by atoms with E-state index < -0.39 is 11.8 Å². The fourth-order valence-corrected chi connectivity index (χ4v) is 2.14. The molecule has 1 N–H and O–H groups in total. The first-order chi connectivity index (χ1) is 10.6. The fraction of sp³-hybridized carbons (Fsp3) is 0.111. The molecule has 0 atom stereocenters. The lowest BCUT2D eigenvalue weighted by molar-refractivity contribution is 0.0697. The average Bonchev–Trinajstić information content (AvgIpc) is 2.53. The minimum absolute atomic E-state index is 0.0578. The number of benzene rings is 2. The molecule has 0 spiro atoms. The van der Waals surface area contributed by atoms with Gasteiger partial charge in [0.25, 0.3) is 0 Å². The maximum Gasteiger partial charge on any atom is 0.336 e. The number of hydrogen-bond donors (Lipinski definition) is 1. The molecule has 0 aliphatic heterocycles. The summed E-state index contributed by atoms with van der Waals surface area (Å²) >= 11 is 0. The molecule has 0 saturated heterocycles. The standard InChI is InChI=1S/C18H14FNO2/c1-2-3-4-12-5-7-13(8-6-12)16-15(18(21)22)10-9-14(11-20)17(16)19/h3-10H,2H2,1H3,(H,21,22)/b4-3+. The van der Waals surface area contributed by atoms with E-state index in [9.17, 15) is 14.3 Å². The molecule has 2 aromatic rings. The van der Waals surface area contributed by atoms with E-state index in [1.807, 2.05) is 19.1 Å². The van der Waals surface area contributed by atoms with Gasteiger partial charge in [-0.1, -0.05) is 43.3 Å². The van der Waals surface area contributed by atoms with Gasteiger partial charge in [0.15, 0.2) is 0 Å². The van der Waals surface area contributed by atoms with Crippen molar-refractivity contribution in [3.63, 3.8) is 0 Å². The Kier molecular flexibility index (Phi) is 4.70. The average molecular weight is 295 g/mol. The summed E-state index contributed by atoms with van der Waals surface area (Å²) in [4.78, 5) is 11.3. The zero-order valence-corrected chi connectivity index (χ0v) is 12.0. The molecule has 0 amide bonds. The highest BCUT2D eigenvalue weighted by Crippen LogP contribution is 2.29. The summed E-state index contributed by atoms with van der Waals surface area (Å²) in [5.74, 6) is -2.03. The molecule has 0 aliphatic carbocycles. The number of aromatic carboxylic acids is 1. The molecule has 22 heavy (non-hydrogen) atoms. The number of rotatable bonds is 4. The van der Waals surface area contributed by atoms with Crippen LogP contribution < -0.4 is 0 Å². The van der Waals surface area contributed by atoms with Gasteiger partial charge < -0.3 is 5.11 Å². The van der Waals surface area contributed by atoms with Gasteiger partial charge in [-0.05, 0) is 29.7 Å². The van der Waals surface area contributed by atoms with Crippen LogP contribution in [0, 0.1) is 17.1 Å². The number of nitriles is 1. The number of nitrogens with zero attached hydrogens (tertiary/aromatic N) is 1. The first-order valence-electron chi connectivity index (χ1n) is 6.81. The summed E-state index contributed by atoms with van der Waals surface area (Å²) in [6, 6.07) is 11.0. The number of allylic oxidation sites excluding steroid dienone is 1. The van der Waals surface area contributed by atoms with Crippen molar-refractivity contribution >= 4 is 12.0 Å². The normalized spacial score (nSPS) is 10.6. The summed E-state index contributed by atoms with van der Waals surface area (Å²) in [6.45, 7) is 2.02. The predicted octanol–water partition coefficient (Wildman–Crippen LogP) is 4.49. The zero-order valence-electron chi connectivity index (χ0n) is 12.0. The Balaban J connectivity index is 2.58. The van der Waals surface area contributed by atoms with Crippen LogP contribution in [-0.4, -0.2) is 11.1 Å². The van der Waals surface area contributed by atoms with E-state index in [0.717, 1.165) is 12.0 Å². The molecular formula is C18H14FNO2. The molecule has 110 valence electrons. The molecule has 0 saturated carbocycles. The molecule has 0 fully saturated rings. The highest BCUT2D eigenvalue weighted by atomic mass is 19.1. The summed E-state index contributed by atoms with van der Waals surface area (Å²) in [6.07, 6.45) is 4.84. The van der Waals surface area contributed by atoms with Crippen LogP contribution in [0.2, 0.25) is 0 Å². The topological polar surface area (TPSA) is 61.1 Å². The lowest BCUT2D eigenvalue weighted by atomic mass is 9.95. The molecule has 0 aliphatic rings. The van der Waals surface area contributed by atoms with Crippen LogP contribution in [0.15, 0.2) is 42.5 Å². The maximum atomic E-state index is 14.4. The minimum atomic E-state index is -1.23. The number of carboxylic acids is 1. The van der Waals surface area contributed by atoms with Gasteiger partial charge in [-0.3, -0.25) is 0 Å². The smallest absolute Gasteiger partial charge is 0.336 e. The lowest BCUT2D eigenvalue weighted by Crippen LogP contribution is -2.03. The summed E-state index contributed by atoms with van der Waals surface area (Å²) in [7, 11) is 0. The van der Waals surface area contributed by atoms with E-state index >= 15 is 0 Å². The van der Waals surface area contributed by atoms with Crippen molar-refractivity contribution in [2.45, 2.75) is 13.3 Å². The third kappa shape index (κ3) is 3.04. The van der Waals surface area contributed by atoms with Crippen LogP contribution in [-0.2, 0) is 0 Å². The van der Waals surface area contributed by atoms with Crippen LogP contribution in [0.25, 0.3) is 17.2 Å². The molecule has 3 nitrogen and oxygen atoms in total. The Morgan fingerprint density at radius 2 is 1.95 bits per heavy atom. The van der Waals surface area contributed by atoms with E-state index in [0.29, 0.717) is 5.56 Å². The van der Waals surface area contributed by atoms with Crippen molar-refractivity contribution in [2.75, 3.05) is 0 Å². The van der Waals surface area contributed by atoms with Crippen LogP contribution in [0.5, 0.6) is 0 Å². The molecule has 0 unspecified atom stereocenters. The Bertz CT molecular complexity index is 771. The minimum Gasteiger partial charge on any atom is -0.478 e. The number of carbonyl (C=O) groups is 1. The van der Waals surface area contributed by atoms with Crippen molar-refractivity contribution in [3.8, 4) is 17.2 Å². The van der Waals surface area contributed by atoms with Gasteiger partial charge in [0.2, 0.25) is 0 Å². The van der Waals surface area contributed by atoms with Crippen LogP contribution in [0.3, 0.4) is 0 Å². The third-order valence-electron chi connectivity index (χ3n) is 3.24. The highest BCUT2D eigenvalue weighted by molar-refractivity contribution is 5.96. The molecule has 0 radical (unpaired) electrons. The van der Waals surface area contributed by atoms with Gasteiger partial charge in [-0.15, -0.1) is 0 Å². The predicted molar refractivity (Wildman–Crippen MR) is 82.8 cm³/mol. The van der Waals surface area contributed by atoms with Crippen molar-refractivity contribution in [2.24, 2.45) is 0 Å². The fourth-order valence-electron chi connectivity index (χ4n) is 2.14. The largest absolute Gasteiger partial charge is 0.478 e. The monoisotopic (exact) mass is 295 g/mol. The van der Waals surface area contributed by atoms with E-state index in [-0.39, 0.29) is 16.7 Å². The lowest BCUT2D eigenvalue weighted by Gasteiger charge is -2.09. The number of carboxylic acid groups (broad SMARTS) is 1. The second kappa shape index (κ2) is 6.68. The van der Waals surface area contributed by atoms with E-state index in [1.165, 1.54) is 12.1 Å². The van der Waals surface area contributed by atoms with Gasteiger partial charge in [0.05, 0.1) is 11.1 Å². The van der Waals surface area contributed by atoms with Crippen molar-refractivity contribution in [3.05, 3.63) is 65.0 Å². The highest BCUT2D eigenvalue weighted by Gasteiger charge is 2.19. The van der Waals surface area contributed by atoms with Gasteiger partial charge in [0, 0.05) is 5.56 Å². The van der Waals surface area contributed by atoms with Crippen LogP contribution >= 0.6 is 0 Å². The molecule has 0 aromatic heterocycles. The van der Waals surface area contributed by atoms with Crippen molar-refractivity contribution in [1.29, 1.82) is 5.26 Å². The molecule has 0 bridgehead atoms. The molecule has 0 heterocycles. The zero-order chi connectivity index (χ0) is 16.1. The SMILES string of the molecule is CC/C=C/c1ccc(-c2c(C(=O)O)ccc(C#N)c2F)cc1. The van der Waals surface area contributed by atoms with Crippen molar-refractivity contribution < 1.29 is 14.3 Å². The number of halogens is 1. The Morgan fingerprint density at radius 1 is 1.27 bits per heavy atom. The summed E-state index contributed by atoms with van der Waals surface area (Å²) in [5, 5.41) is 18.1. The van der Waals surface area contributed by atoms with E-state index in [2.05, 4.69) is 0 Å². The summed E-state index contributed by atoms with van der Waals surface area (Å²) in [5.41, 5.74) is 0.987. The Morgan fingerprint density at radius 3 is 2.50 bits per heavy atom. The third-order valence-corrected chi connectivity index (χ3v) is 3.24. The van der Waals surface area contributed by atoms with Crippen molar-refractivity contribution in [1.82, 2.24) is 0 Å². The maximum absolute atomic E-state index is 14.4. The second-order valence-electron chi connectivity index (χ2n) is 4.70. The Labute approximate surface area is 128 Å². The molecular weight excluding hydrogens is 281 g/mol. The first-order valence-corrected chi connectivity index (χ1v) is 6.81. The first kappa shape index (κ1) is 15.5. The summed E-state index contributed by atoms with van der Waals surface area (Å²) < 4.78 is 14.4. The molecule has 2 rings (SSSR count). The van der Waals surface area contributed by atoms with Gasteiger partial charge in [-0.2, -0.15) is 5.26 Å². The number of hydrogen-bond acceptors (Lipinski definition) is 2. The second-order valence-corrected chi connectivity index (χ2v) is 4.70. The van der Waals surface area contributed by atoms with Gasteiger partial charge >= 0.3 is 5.97 Å².